The van der Waals surface area contributed by atoms with Gasteiger partial charge >= 0.3 is 5.97 Å². The average Bonchev–Trinajstić information content (AvgIpc) is 3.15. The number of carbonyl (C=O) groups is 1. The number of carbonyl (C=O) groups excluding carboxylic acids is 1. The zero-order valence-corrected chi connectivity index (χ0v) is 39.0. The number of esters is 1. The Kier molecular flexibility index (Phi) is 40.9. The van der Waals surface area contributed by atoms with Gasteiger partial charge in [-0.2, -0.15) is 0 Å². The molecule has 8 nitrogen and oxygen atoms in total. The number of hydrogen-bond donors (Lipinski definition) is 0. The quantitative estimate of drug-likeness (QED) is 0.0261. The predicted octanol–water partition coefficient (Wildman–Crippen LogP) is 13.8. The van der Waals surface area contributed by atoms with Crippen LogP contribution in [0.5, 0.6) is 0 Å². The van der Waals surface area contributed by atoms with Gasteiger partial charge in [0.1, 0.15) is 19.3 Å². The Morgan fingerprint density at radius 3 is 1.18 bits per heavy atom. The van der Waals surface area contributed by atoms with Crippen LogP contribution in [0.2, 0.25) is 0 Å². The fourth-order valence-corrected chi connectivity index (χ4v) is 7.87. The molecule has 0 aliphatic heterocycles. The molecule has 0 N–H and O–H groups in total. The Bertz CT molecular complexity index is 868. The molecule has 0 bridgehead atoms. The molecule has 0 saturated heterocycles. The minimum Gasteiger partial charge on any atom is -0.756 e. The van der Waals surface area contributed by atoms with Crippen LogP contribution in [0.4, 0.5) is 0 Å². The summed E-state index contributed by atoms with van der Waals surface area (Å²) in [6, 6.07) is 0. The second kappa shape index (κ2) is 41.2. The SMILES string of the molecule is CCCCCCCCCCCCCCCCCCCCCCCCCCOCC(COP(=O)([O-])OCC[N+](C)(C)C)OC(=O)CCCCCCCCCCCC. The maximum atomic E-state index is 12.6. The first-order chi connectivity index (χ1) is 27.1. The lowest BCUT2D eigenvalue weighted by molar-refractivity contribution is -0.870. The number of rotatable bonds is 46. The molecule has 0 fully saturated rings. The smallest absolute Gasteiger partial charge is 0.306 e. The van der Waals surface area contributed by atoms with Gasteiger partial charge in [0.2, 0.25) is 0 Å². The van der Waals surface area contributed by atoms with Gasteiger partial charge in [0.25, 0.3) is 7.82 Å². The summed E-state index contributed by atoms with van der Waals surface area (Å²) >= 11 is 0. The van der Waals surface area contributed by atoms with E-state index in [1.807, 2.05) is 21.1 Å². The monoisotopic (exact) mass is 818 g/mol. The maximum Gasteiger partial charge on any atom is 0.306 e. The molecule has 0 radical (unpaired) electrons. The molecular weight excluding hydrogens is 721 g/mol. The minimum absolute atomic E-state index is 0.0313. The zero-order valence-electron chi connectivity index (χ0n) is 38.1. The molecule has 9 heteroatoms. The van der Waals surface area contributed by atoms with Crippen molar-refractivity contribution in [2.24, 2.45) is 0 Å². The van der Waals surface area contributed by atoms with E-state index in [1.54, 1.807) is 0 Å². The highest BCUT2D eigenvalue weighted by molar-refractivity contribution is 7.45. The van der Waals surface area contributed by atoms with Crippen molar-refractivity contribution in [3.63, 3.8) is 0 Å². The average molecular weight is 818 g/mol. The summed E-state index contributed by atoms with van der Waals surface area (Å²) < 4.78 is 34.6. The summed E-state index contributed by atoms with van der Waals surface area (Å²) in [6.07, 6.45) is 44.2. The normalized spacial score (nSPS) is 13.6. The van der Waals surface area contributed by atoms with Crippen LogP contribution < -0.4 is 4.89 Å². The number of phosphoric acid groups is 1. The second-order valence-corrected chi connectivity index (χ2v) is 19.3. The molecular formula is C47H96NO7P. The highest BCUT2D eigenvalue weighted by Crippen LogP contribution is 2.38. The van der Waals surface area contributed by atoms with Crippen molar-refractivity contribution in [1.29, 1.82) is 0 Å². The van der Waals surface area contributed by atoms with E-state index in [-0.39, 0.29) is 25.8 Å². The third kappa shape index (κ3) is 44.6. The van der Waals surface area contributed by atoms with E-state index in [2.05, 4.69) is 13.8 Å². The lowest BCUT2D eigenvalue weighted by Crippen LogP contribution is -2.37. The van der Waals surface area contributed by atoms with Gasteiger partial charge in [-0.05, 0) is 12.8 Å². The first-order valence-corrected chi connectivity index (χ1v) is 25.7. The van der Waals surface area contributed by atoms with Gasteiger partial charge in [0.05, 0.1) is 34.4 Å². The Morgan fingerprint density at radius 1 is 0.482 bits per heavy atom. The van der Waals surface area contributed by atoms with Crippen LogP contribution in [-0.2, 0) is 27.9 Å². The molecule has 0 rings (SSSR count). The lowest BCUT2D eigenvalue weighted by atomic mass is 10.0. The molecule has 0 aromatic carbocycles. The van der Waals surface area contributed by atoms with E-state index in [1.165, 1.54) is 186 Å². The minimum atomic E-state index is -4.51. The Labute approximate surface area is 348 Å². The predicted molar refractivity (Wildman–Crippen MR) is 236 cm³/mol. The van der Waals surface area contributed by atoms with Gasteiger partial charge in [0, 0.05) is 13.0 Å². The number of phosphoric ester groups is 1. The van der Waals surface area contributed by atoms with Gasteiger partial charge in [-0.3, -0.25) is 9.36 Å². The van der Waals surface area contributed by atoms with Crippen LogP contribution in [-0.4, -0.2) is 70.7 Å². The van der Waals surface area contributed by atoms with Crippen molar-refractivity contribution >= 4 is 13.8 Å². The fourth-order valence-electron chi connectivity index (χ4n) is 7.14. The Balaban J connectivity index is 3.97. The molecule has 0 aliphatic rings. The number of unbranched alkanes of at least 4 members (excludes halogenated alkanes) is 32. The van der Waals surface area contributed by atoms with E-state index in [4.69, 9.17) is 18.5 Å². The van der Waals surface area contributed by atoms with Gasteiger partial charge < -0.3 is 27.9 Å². The first-order valence-electron chi connectivity index (χ1n) is 24.3. The van der Waals surface area contributed by atoms with E-state index in [0.717, 1.165) is 32.1 Å². The van der Waals surface area contributed by atoms with Crippen molar-refractivity contribution in [1.82, 2.24) is 0 Å². The van der Waals surface area contributed by atoms with Crippen LogP contribution >= 0.6 is 7.82 Å². The van der Waals surface area contributed by atoms with E-state index >= 15 is 0 Å². The highest BCUT2D eigenvalue weighted by Gasteiger charge is 2.20. The maximum absolute atomic E-state index is 12.6. The Hall–Kier alpha value is -0.500. The molecule has 0 aromatic heterocycles. The molecule has 0 saturated carbocycles. The molecule has 0 aromatic rings. The zero-order chi connectivity index (χ0) is 41.3. The summed E-state index contributed by atoms with van der Waals surface area (Å²) in [5, 5.41) is 0. The molecule has 0 aliphatic carbocycles. The highest BCUT2D eigenvalue weighted by atomic mass is 31.2. The molecule has 2 atom stereocenters. The van der Waals surface area contributed by atoms with E-state index in [9.17, 15) is 14.3 Å². The fraction of sp³-hybridized carbons (Fsp3) is 0.979. The van der Waals surface area contributed by atoms with Crippen LogP contribution in [0.25, 0.3) is 0 Å². The lowest BCUT2D eigenvalue weighted by Gasteiger charge is -2.28. The van der Waals surface area contributed by atoms with Crippen LogP contribution in [0, 0.1) is 0 Å². The second-order valence-electron chi connectivity index (χ2n) is 17.8. The van der Waals surface area contributed by atoms with E-state index < -0.39 is 13.9 Å². The van der Waals surface area contributed by atoms with Gasteiger partial charge in [0.15, 0.2) is 0 Å². The van der Waals surface area contributed by atoms with Crippen molar-refractivity contribution in [2.45, 2.75) is 245 Å². The van der Waals surface area contributed by atoms with Crippen LogP contribution in [0.1, 0.15) is 239 Å². The number of nitrogens with zero attached hydrogens (tertiary/aromatic N) is 1. The van der Waals surface area contributed by atoms with Crippen LogP contribution in [0.3, 0.4) is 0 Å². The number of hydrogen-bond acceptors (Lipinski definition) is 7. The summed E-state index contributed by atoms with van der Waals surface area (Å²) in [7, 11) is 1.37. The third-order valence-electron chi connectivity index (χ3n) is 10.9. The van der Waals surface area contributed by atoms with Crippen molar-refractivity contribution in [2.75, 3.05) is 54.1 Å². The summed E-state index contributed by atoms with van der Waals surface area (Å²) in [4.78, 5) is 25.0. The third-order valence-corrected chi connectivity index (χ3v) is 11.9. The van der Waals surface area contributed by atoms with Gasteiger partial charge in [-0.1, -0.05) is 219 Å². The molecule has 0 spiro atoms. The summed E-state index contributed by atoms with van der Waals surface area (Å²) in [5.41, 5.74) is 0. The molecule has 2 unspecified atom stereocenters. The summed E-state index contributed by atoms with van der Waals surface area (Å²) in [6.45, 7) is 5.46. The van der Waals surface area contributed by atoms with Crippen LogP contribution in [0.15, 0.2) is 0 Å². The largest absolute Gasteiger partial charge is 0.756 e. The number of likely N-dealkylation sites (N-methyl/N-ethyl adjacent to an activating group) is 1. The topological polar surface area (TPSA) is 94.1 Å². The van der Waals surface area contributed by atoms with Crippen molar-refractivity contribution < 1.29 is 37.3 Å². The molecule has 0 amide bonds. The number of quaternary nitrogens is 1. The van der Waals surface area contributed by atoms with E-state index in [0.29, 0.717) is 24.1 Å². The standard InChI is InChI=1S/C47H96NO7P/c1-6-8-10-12-14-16-18-19-20-21-22-23-24-25-26-27-28-29-30-31-33-35-37-39-42-52-44-46(45-54-56(50,51)53-43-41-48(3,4)5)55-47(49)40-38-36-34-32-17-15-13-11-9-7-2/h46H,6-45H2,1-5H3. The summed E-state index contributed by atoms with van der Waals surface area (Å²) in [5.74, 6) is -0.330. The molecule has 0 heterocycles. The van der Waals surface area contributed by atoms with Crippen molar-refractivity contribution in [3.8, 4) is 0 Å². The van der Waals surface area contributed by atoms with Gasteiger partial charge in [-0.25, -0.2) is 0 Å². The molecule has 336 valence electrons. The van der Waals surface area contributed by atoms with Gasteiger partial charge in [-0.15, -0.1) is 0 Å². The number of ether oxygens (including phenoxy) is 2. The molecule has 56 heavy (non-hydrogen) atoms. The Morgan fingerprint density at radius 2 is 0.821 bits per heavy atom. The van der Waals surface area contributed by atoms with Crippen molar-refractivity contribution in [3.05, 3.63) is 0 Å². The first kappa shape index (κ1) is 55.5.